The summed E-state index contributed by atoms with van der Waals surface area (Å²) in [6, 6.07) is 12.0. The maximum Gasteiger partial charge on any atom is 0.240 e. The number of piperidine rings is 1. The summed E-state index contributed by atoms with van der Waals surface area (Å²) >= 11 is 1.57. The number of benzene rings is 1. The van der Waals surface area contributed by atoms with Gasteiger partial charge in [0, 0.05) is 30.2 Å². The third kappa shape index (κ3) is 3.89. The van der Waals surface area contributed by atoms with Gasteiger partial charge in [0.2, 0.25) is 5.91 Å². The first-order valence-corrected chi connectivity index (χ1v) is 11.1. The molecule has 5 rings (SSSR count). The van der Waals surface area contributed by atoms with Crippen molar-refractivity contribution in [3.05, 3.63) is 60.0 Å². The number of rotatable bonds is 5. The number of aromatic nitrogens is 4. The predicted octanol–water partition coefficient (Wildman–Crippen LogP) is 2.70. The van der Waals surface area contributed by atoms with Crippen LogP contribution in [-0.4, -0.2) is 44.5 Å². The molecule has 1 fully saturated rings. The molecular weight excluding hydrogens is 410 g/mol. The van der Waals surface area contributed by atoms with Crippen molar-refractivity contribution in [3.8, 4) is 10.6 Å². The van der Waals surface area contributed by atoms with Crippen LogP contribution >= 0.6 is 11.3 Å². The van der Waals surface area contributed by atoms with Crippen LogP contribution in [0, 0.1) is 0 Å². The number of aromatic amines is 1. The Morgan fingerprint density at radius 1 is 1.19 bits per heavy atom. The second kappa shape index (κ2) is 8.09. The lowest BCUT2D eigenvalue weighted by Crippen LogP contribution is -2.59. The molecule has 4 heterocycles. The molecule has 0 aliphatic carbocycles. The number of hydrogen-bond acceptors (Lipinski definition) is 7. The first kappa shape index (κ1) is 19.7. The van der Waals surface area contributed by atoms with Gasteiger partial charge in [-0.25, -0.2) is 15.0 Å². The summed E-state index contributed by atoms with van der Waals surface area (Å²) < 4.78 is 0. The molecule has 31 heavy (non-hydrogen) atoms. The minimum atomic E-state index is -0.890. The van der Waals surface area contributed by atoms with Crippen LogP contribution in [0.5, 0.6) is 0 Å². The average Bonchev–Trinajstić information content (AvgIpc) is 3.48. The summed E-state index contributed by atoms with van der Waals surface area (Å²) in [7, 11) is 0. The number of amides is 1. The van der Waals surface area contributed by atoms with Crippen molar-refractivity contribution in [3.63, 3.8) is 0 Å². The Bertz CT molecular complexity index is 1190. The molecule has 1 amide bonds. The number of nitrogens with two attached hydrogens (primary N) is 1. The van der Waals surface area contributed by atoms with Crippen molar-refractivity contribution in [2.24, 2.45) is 5.73 Å². The Balaban J connectivity index is 1.20. The van der Waals surface area contributed by atoms with E-state index in [2.05, 4.69) is 30.2 Å². The van der Waals surface area contributed by atoms with Crippen molar-refractivity contribution < 1.29 is 4.79 Å². The zero-order chi connectivity index (χ0) is 21.3. The van der Waals surface area contributed by atoms with Gasteiger partial charge in [0.15, 0.2) is 0 Å². The Morgan fingerprint density at radius 2 is 2.00 bits per heavy atom. The lowest BCUT2D eigenvalue weighted by atomic mass is 9.87. The van der Waals surface area contributed by atoms with E-state index in [1.165, 1.54) is 0 Å². The molecule has 1 aromatic carbocycles. The van der Waals surface area contributed by atoms with Crippen LogP contribution in [0.2, 0.25) is 0 Å². The summed E-state index contributed by atoms with van der Waals surface area (Å²) in [5.74, 6) is 0.750. The molecule has 0 spiro atoms. The van der Waals surface area contributed by atoms with E-state index in [0.29, 0.717) is 32.5 Å². The molecule has 1 saturated heterocycles. The van der Waals surface area contributed by atoms with Crippen LogP contribution in [-0.2, 0) is 11.3 Å². The Hall–Kier alpha value is -3.30. The first-order chi connectivity index (χ1) is 15.1. The van der Waals surface area contributed by atoms with Gasteiger partial charge in [-0.3, -0.25) is 4.79 Å². The van der Waals surface area contributed by atoms with Gasteiger partial charge in [0.05, 0.1) is 23.2 Å². The molecule has 0 saturated carbocycles. The van der Waals surface area contributed by atoms with Gasteiger partial charge >= 0.3 is 0 Å². The second-order valence-corrected chi connectivity index (χ2v) is 8.63. The summed E-state index contributed by atoms with van der Waals surface area (Å²) in [4.78, 5) is 31.5. The lowest BCUT2D eigenvalue weighted by molar-refractivity contribution is -0.127. The number of thiazole rings is 1. The van der Waals surface area contributed by atoms with E-state index in [0.717, 1.165) is 33.1 Å². The van der Waals surface area contributed by atoms with E-state index in [1.807, 2.05) is 48.0 Å². The van der Waals surface area contributed by atoms with E-state index < -0.39 is 5.54 Å². The number of nitrogens with zero attached hydrogens (tertiary/aromatic N) is 4. The number of hydrogen-bond donors (Lipinski definition) is 3. The third-order valence-electron chi connectivity index (χ3n) is 5.74. The number of anilines is 1. The Morgan fingerprint density at radius 3 is 2.81 bits per heavy atom. The van der Waals surface area contributed by atoms with Crippen molar-refractivity contribution in [1.29, 1.82) is 0 Å². The summed E-state index contributed by atoms with van der Waals surface area (Å²) in [5, 5.41) is 6.89. The molecule has 0 atom stereocenters. The van der Waals surface area contributed by atoms with Crippen LogP contribution in [0.1, 0.15) is 18.5 Å². The van der Waals surface area contributed by atoms with E-state index >= 15 is 0 Å². The topological polar surface area (TPSA) is 113 Å². The monoisotopic (exact) mass is 433 g/mol. The zero-order valence-electron chi connectivity index (χ0n) is 16.9. The van der Waals surface area contributed by atoms with E-state index in [-0.39, 0.29) is 5.91 Å². The molecule has 1 aliphatic rings. The third-order valence-corrected chi connectivity index (χ3v) is 6.68. The molecule has 1 aliphatic heterocycles. The van der Waals surface area contributed by atoms with Gasteiger partial charge < -0.3 is 20.9 Å². The van der Waals surface area contributed by atoms with E-state index in [1.54, 1.807) is 17.7 Å². The first-order valence-electron chi connectivity index (χ1n) is 10.2. The van der Waals surface area contributed by atoms with Gasteiger partial charge in [-0.05, 0) is 18.9 Å². The van der Waals surface area contributed by atoms with E-state index in [9.17, 15) is 4.79 Å². The van der Waals surface area contributed by atoms with Gasteiger partial charge in [-0.2, -0.15) is 0 Å². The minimum absolute atomic E-state index is 0.129. The lowest BCUT2D eigenvalue weighted by Gasteiger charge is -2.38. The van der Waals surface area contributed by atoms with E-state index in [4.69, 9.17) is 5.73 Å². The summed E-state index contributed by atoms with van der Waals surface area (Å²) in [6.07, 6.45) is 4.53. The maximum atomic E-state index is 12.9. The Labute approximate surface area is 183 Å². The molecule has 158 valence electrons. The molecule has 4 aromatic rings. The SMILES string of the molecule is NC1(C(=O)NCc2csc(-c3ccccc3)n2)CCN(c2ncnc3[nH]ccc23)CC1. The molecule has 0 unspecified atom stereocenters. The fourth-order valence-electron chi connectivity index (χ4n) is 3.90. The highest BCUT2D eigenvalue weighted by molar-refractivity contribution is 7.13. The second-order valence-electron chi connectivity index (χ2n) is 7.77. The van der Waals surface area contributed by atoms with Crippen molar-refractivity contribution in [2.45, 2.75) is 24.9 Å². The fourth-order valence-corrected chi connectivity index (χ4v) is 4.73. The highest BCUT2D eigenvalue weighted by Crippen LogP contribution is 2.28. The smallest absolute Gasteiger partial charge is 0.240 e. The van der Waals surface area contributed by atoms with Crippen LogP contribution < -0.4 is 16.0 Å². The summed E-state index contributed by atoms with van der Waals surface area (Å²) in [6.45, 7) is 1.70. The maximum absolute atomic E-state index is 12.9. The molecule has 0 radical (unpaired) electrons. The fraction of sp³-hybridized carbons (Fsp3) is 0.273. The Kier molecular flexibility index (Phi) is 5.13. The van der Waals surface area contributed by atoms with Gasteiger partial charge in [0.1, 0.15) is 22.8 Å². The molecular formula is C22H23N7OS. The number of carbonyl (C=O) groups is 1. The number of nitrogens with one attached hydrogen (secondary N) is 2. The van der Waals surface area contributed by atoms with Gasteiger partial charge in [-0.1, -0.05) is 30.3 Å². The zero-order valence-corrected chi connectivity index (χ0v) is 17.7. The molecule has 3 aromatic heterocycles. The minimum Gasteiger partial charge on any atom is -0.356 e. The van der Waals surface area contributed by atoms with Crippen molar-refractivity contribution >= 4 is 34.1 Å². The molecule has 8 nitrogen and oxygen atoms in total. The predicted molar refractivity (Wildman–Crippen MR) is 122 cm³/mol. The number of H-pyrrole nitrogens is 1. The van der Waals surface area contributed by atoms with Crippen LogP contribution in [0.25, 0.3) is 21.6 Å². The van der Waals surface area contributed by atoms with Crippen molar-refractivity contribution in [2.75, 3.05) is 18.0 Å². The van der Waals surface area contributed by atoms with Gasteiger partial charge in [-0.15, -0.1) is 11.3 Å². The number of carbonyl (C=O) groups excluding carboxylic acids is 1. The van der Waals surface area contributed by atoms with Crippen LogP contribution in [0.4, 0.5) is 5.82 Å². The molecule has 4 N–H and O–H groups in total. The van der Waals surface area contributed by atoms with Crippen molar-refractivity contribution in [1.82, 2.24) is 25.3 Å². The average molecular weight is 434 g/mol. The number of fused-ring (bicyclic) bond motifs is 1. The quantitative estimate of drug-likeness (QED) is 0.446. The largest absolute Gasteiger partial charge is 0.356 e. The highest BCUT2D eigenvalue weighted by Gasteiger charge is 2.38. The molecule has 9 heteroatoms. The van der Waals surface area contributed by atoms with Crippen LogP contribution in [0.3, 0.4) is 0 Å². The highest BCUT2D eigenvalue weighted by atomic mass is 32.1. The van der Waals surface area contributed by atoms with Crippen LogP contribution in [0.15, 0.2) is 54.3 Å². The molecule has 0 bridgehead atoms. The standard InChI is InChI=1S/C22H23N7OS/c23-22(7-10-29(11-8-22)19-17-6-9-24-18(17)26-14-27-19)21(30)25-12-16-13-31-20(28-16)15-4-2-1-3-5-15/h1-6,9,13-14H,7-8,10-12,23H2,(H,25,30)(H,24,26,27). The van der Waals surface area contributed by atoms with Gasteiger partial charge in [0.25, 0.3) is 0 Å². The normalized spacial score (nSPS) is 15.8. The summed E-state index contributed by atoms with van der Waals surface area (Å²) in [5.41, 5.74) is 8.34.